The molecule has 0 radical (unpaired) electrons. The van der Waals surface area contributed by atoms with Crippen molar-refractivity contribution in [2.75, 3.05) is 7.11 Å². The van der Waals surface area contributed by atoms with E-state index in [-0.39, 0.29) is 12.1 Å². The van der Waals surface area contributed by atoms with Crippen LogP contribution in [0.2, 0.25) is 0 Å². The first kappa shape index (κ1) is 11.2. The molecule has 0 bridgehead atoms. The largest absolute Gasteiger partial charge is 0.467 e. The van der Waals surface area contributed by atoms with Gasteiger partial charge < -0.3 is 14.2 Å². The van der Waals surface area contributed by atoms with Gasteiger partial charge in [-0.25, -0.2) is 4.79 Å². The average molecular weight is 252 g/mol. The minimum Gasteiger partial charge on any atom is -0.467 e. The number of hydrogen-bond donors (Lipinski definition) is 0. The van der Waals surface area contributed by atoms with E-state index in [1.165, 1.54) is 26.4 Å². The second-order valence-corrected chi connectivity index (χ2v) is 6.31. The average Bonchev–Trinajstić information content (AvgIpc) is 3.28. The van der Waals surface area contributed by atoms with Gasteiger partial charge in [-0.1, -0.05) is 0 Å². The number of fused-ring (bicyclic) bond motifs is 2. The first-order valence-electron chi connectivity index (χ1n) is 7.14. The van der Waals surface area contributed by atoms with E-state index in [0.717, 1.165) is 31.1 Å². The van der Waals surface area contributed by atoms with Crippen molar-refractivity contribution in [1.29, 1.82) is 0 Å². The first-order valence-corrected chi connectivity index (χ1v) is 7.14. The van der Waals surface area contributed by atoms with Crippen molar-refractivity contribution in [3.8, 4) is 0 Å². The molecule has 0 aromatic rings. The molecule has 4 aliphatic rings. The molecule has 0 aromatic carbocycles. The van der Waals surface area contributed by atoms with Crippen molar-refractivity contribution < 1.29 is 19.0 Å². The molecule has 2 aliphatic carbocycles. The minimum atomic E-state index is -0.557. The monoisotopic (exact) mass is 252 g/mol. The van der Waals surface area contributed by atoms with Crippen molar-refractivity contribution in [2.45, 2.75) is 62.4 Å². The molecule has 0 aromatic heterocycles. The Morgan fingerprint density at radius 2 is 2.00 bits per heavy atom. The maximum atomic E-state index is 11.7. The number of methoxy groups -OCH3 is 1. The summed E-state index contributed by atoms with van der Waals surface area (Å²) in [5, 5.41) is 0. The molecule has 0 amide bonds. The van der Waals surface area contributed by atoms with Gasteiger partial charge in [0.15, 0.2) is 5.60 Å². The quantitative estimate of drug-likeness (QED) is 0.554. The number of carbonyl (C=O) groups excluding carboxylic acids is 1. The van der Waals surface area contributed by atoms with Crippen LogP contribution in [0.4, 0.5) is 0 Å². The van der Waals surface area contributed by atoms with E-state index in [2.05, 4.69) is 0 Å². The van der Waals surface area contributed by atoms with Crippen LogP contribution >= 0.6 is 0 Å². The molecule has 6 unspecified atom stereocenters. The van der Waals surface area contributed by atoms with Crippen molar-refractivity contribution in [1.82, 2.24) is 0 Å². The molecule has 6 atom stereocenters. The van der Waals surface area contributed by atoms with Gasteiger partial charge in [0.1, 0.15) is 0 Å². The summed E-state index contributed by atoms with van der Waals surface area (Å²) in [7, 11) is 1.45. The molecule has 4 heteroatoms. The fraction of sp³-hybridized carbons (Fsp3) is 0.929. The molecular weight excluding hydrogens is 232 g/mol. The Morgan fingerprint density at radius 3 is 2.72 bits per heavy atom. The smallest absolute Gasteiger partial charge is 0.340 e. The van der Waals surface area contributed by atoms with Gasteiger partial charge in [0.25, 0.3) is 0 Å². The lowest BCUT2D eigenvalue weighted by molar-refractivity contribution is -0.147. The van der Waals surface area contributed by atoms with Gasteiger partial charge in [0.2, 0.25) is 0 Å². The van der Waals surface area contributed by atoms with E-state index in [1.807, 2.05) is 0 Å². The summed E-state index contributed by atoms with van der Waals surface area (Å²) in [5.74, 6) is 1.34. The highest BCUT2D eigenvalue weighted by molar-refractivity contribution is 5.83. The zero-order valence-electron chi connectivity index (χ0n) is 10.8. The van der Waals surface area contributed by atoms with E-state index in [4.69, 9.17) is 14.2 Å². The van der Waals surface area contributed by atoms with Crippen LogP contribution in [0.5, 0.6) is 0 Å². The van der Waals surface area contributed by atoms with Crippen LogP contribution in [0.25, 0.3) is 0 Å². The molecule has 0 N–H and O–H groups in total. The number of ether oxygens (including phenoxy) is 3. The second-order valence-electron chi connectivity index (χ2n) is 6.31. The van der Waals surface area contributed by atoms with E-state index >= 15 is 0 Å². The van der Waals surface area contributed by atoms with Gasteiger partial charge in [-0.15, -0.1) is 0 Å². The Labute approximate surface area is 107 Å². The zero-order chi connectivity index (χ0) is 12.3. The summed E-state index contributed by atoms with van der Waals surface area (Å²) in [6, 6.07) is 0. The highest BCUT2D eigenvalue weighted by Gasteiger charge is 2.66. The number of esters is 1. The Hall–Kier alpha value is -0.610. The number of carbonyl (C=O) groups is 1. The molecular formula is C14H20O4. The van der Waals surface area contributed by atoms with Crippen molar-refractivity contribution in [2.24, 2.45) is 11.8 Å². The Balaban J connectivity index is 1.39. The summed E-state index contributed by atoms with van der Waals surface area (Å²) >= 11 is 0. The molecule has 2 saturated carbocycles. The van der Waals surface area contributed by atoms with Gasteiger partial charge in [0, 0.05) is 0 Å². The van der Waals surface area contributed by atoms with Crippen LogP contribution < -0.4 is 0 Å². The Bertz CT molecular complexity index is 382. The van der Waals surface area contributed by atoms with Crippen molar-refractivity contribution >= 4 is 5.97 Å². The van der Waals surface area contributed by atoms with Crippen LogP contribution in [-0.2, 0) is 19.0 Å². The van der Waals surface area contributed by atoms with Gasteiger partial charge in [-0.05, 0) is 50.4 Å². The summed E-state index contributed by atoms with van der Waals surface area (Å²) in [5.41, 5.74) is -0.557. The maximum Gasteiger partial charge on any atom is 0.340 e. The first-order chi connectivity index (χ1) is 8.73. The van der Waals surface area contributed by atoms with Crippen molar-refractivity contribution in [3.63, 3.8) is 0 Å². The molecule has 0 spiro atoms. The van der Waals surface area contributed by atoms with Gasteiger partial charge >= 0.3 is 5.97 Å². The van der Waals surface area contributed by atoms with Crippen LogP contribution in [-0.4, -0.2) is 37.0 Å². The number of rotatable bonds is 2. The summed E-state index contributed by atoms with van der Waals surface area (Å²) in [4.78, 5) is 11.7. The van der Waals surface area contributed by atoms with Crippen LogP contribution in [0.1, 0.15) is 38.5 Å². The lowest BCUT2D eigenvalue weighted by Crippen LogP contribution is -2.36. The summed E-state index contributed by atoms with van der Waals surface area (Å²) in [6.45, 7) is 0. The SMILES string of the molecule is COC(=O)C12CCC(C3CCC4OC4C3)CC1O2. The van der Waals surface area contributed by atoms with E-state index in [9.17, 15) is 4.79 Å². The van der Waals surface area contributed by atoms with Crippen molar-refractivity contribution in [3.05, 3.63) is 0 Å². The van der Waals surface area contributed by atoms with E-state index < -0.39 is 5.60 Å². The molecule has 4 rings (SSSR count). The Morgan fingerprint density at radius 1 is 1.17 bits per heavy atom. The molecule has 100 valence electrons. The topological polar surface area (TPSA) is 51.4 Å². The molecule has 2 aliphatic heterocycles. The fourth-order valence-corrected chi connectivity index (χ4v) is 4.22. The number of epoxide rings is 2. The Kier molecular flexibility index (Phi) is 2.31. The van der Waals surface area contributed by atoms with E-state index in [0.29, 0.717) is 12.2 Å². The highest BCUT2D eigenvalue weighted by atomic mass is 16.7. The zero-order valence-corrected chi connectivity index (χ0v) is 10.8. The predicted molar refractivity (Wildman–Crippen MR) is 63.0 cm³/mol. The van der Waals surface area contributed by atoms with Gasteiger partial charge in [-0.2, -0.15) is 0 Å². The van der Waals surface area contributed by atoms with Gasteiger partial charge in [0.05, 0.1) is 25.4 Å². The summed E-state index contributed by atoms with van der Waals surface area (Å²) < 4.78 is 16.1. The standard InChI is InChI=1S/C14H20O4/c1-16-13(15)14-5-4-9(7-12(14)18-14)8-2-3-10-11(6-8)17-10/h8-12H,2-7H2,1H3. The molecule has 4 nitrogen and oxygen atoms in total. The normalized spacial score (nSPS) is 53.1. The van der Waals surface area contributed by atoms with Crippen LogP contribution in [0.15, 0.2) is 0 Å². The third kappa shape index (κ3) is 1.55. The molecule has 18 heavy (non-hydrogen) atoms. The third-order valence-corrected chi connectivity index (χ3v) is 5.46. The highest BCUT2D eigenvalue weighted by Crippen LogP contribution is 2.54. The third-order valence-electron chi connectivity index (χ3n) is 5.46. The lowest BCUT2D eigenvalue weighted by Gasteiger charge is -2.31. The molecule has 2 saturated heterocycles. The molecule has 2 heterocycles. The number of hydrogen-bond acceptors (Lipinski definition) is 4. The van der Waals surface area contributed by atoms with E-state index in [1.54, 1.807) is 0 Å². The van der Waals surface area contributed by atoms with Gasteiger partial charge in [-0.3, -0.25) is 0 Å². The van der Waals surface area contributed by atoms with Crippen LogP contribution in [0.3, 0.4) is 0 Å². The summed E-state index contributed by atoms with van der Waals surface area (Å²) in [6.07, 6.45) is 8.01. The minimum absolute atomic E-state index is 0.126. The fourth-order valence-electron chi connectivity index (χ4n) is 4.22. The maximum absolute atomic E-state index is 11.7. The second kappa shape index (κ2) is 3.70. The molecule has 4 fully saturated rings. The van der Waals surface area contributed by atoms with Crippen LogP contribution in [0, 0.1) is 11.8 Å². The predicted octanol–water partition coefficient (Wildman–Crippen LogP) is 1.66. The lowest BCUT2D eigenvalue weighted by atomic mass is 9.71.